The number of ketones is 1. The van der Waals surface area contributed by atoms with Gasteiger partial charge < -0.3 is 14.9 Å². The minimum absolute atomic E-state index is 0.0433. The Labute approximate surface area is 189 Å². The fraction of sp³-hybridized carbons (Fsp3) is 0.556. The molecule has 4 aliphatic rings. The summed E-state index contributed by atoms with van der Waals surface area (Å²) in [4.78, 5) is 27.3. The van der Waals surface area contributed by atoms with Crippen LogP contribution in [0.2, 0.25) is 0 Å². The largest absolute Gasteiger partial charge is 0.451 e. The number of aliphatic hydroxyl groups excluding tert-OH is 1. The van der Waals surface area contributed by atoms with Gasteiger partial charge in [-0.15, -0.1) is 0 Å². The van der Waals surface area contributed by atoms with Gasteiger partial charge in [0.15, 0.2) is 17.5 Å². The molecule has 1 aromatic carbocycles. The molecule has 5 heteroatoms. The number of aliphatic hydroxyl groups is 2. The van der Waals surface area contributed by atoms with Gasteiger partial charge in [-0.2, -0.15) is 0 Å². The number of hydrogen-bond donors (Lipinski definition) is 2. The Bertz CT molecular complexity index is 1050. The van der Waals surface area contributed by atoms with Crippen molar-refractivity contribution >= 4 is 11.8 Å². The van der Waals surface area contributed by atoms with Crippen molar-refractivity contribution in [1.82, 2.24) is 0 Å². The van der Waals surface area contributed by atoms with Gasteiger partial charge in [0.1, 0.15) is 6.10 Å². The van der Waals surface area contributed by atoms with Crippen LogP contribution in [0.5, 0.6) is 0 Å². The van der Waals surface area contributed by atoms with Crippen LogP contribution >= 0.6 is 0 Å². The molecule has 2 N–H and O–H groups in total. The Morgan fingerprint density at radius 2 is 1.78 bits per heavy atom. The van der Waals surface area contributed by atoms with Gasteiger partial charge in [0, 0.05) is 5.92 Å². The highest BCUT2D eigenvalue weighted by molar-refractivity contribution is 5.96. The second kappa shape index (κ2) is 6.64. The summed E-state index contributed by atoms with van der Waals surface area (Å²) >= 11 is 0. The smallest absolute Gasteiger partial charge is 0.338 e. The lowest BCUT2D eigenvalue weighted by molar-refractivity contribution is -0.189. The molecule has 170 valence electrons. The summed E-state index contributed by atoms with van der Waals surface area (Å²) in [6, 6.07) is 8.61. The second-order valence-corrected chi connectivity index (χ2v) is 11.0. The lowest BCUT2D eigenvalue weighted by Crippen LogP contribution is -2.65. The first-order valence-corrected chi connectivity index (χ1v) is 11.6. The molecule has 0 unspecified atom stereocenters. The normalized spacial score (nSPS) is 43.8. The molecule has 2 saturated carbocycles. The quantitative estimate of drug-likeness (QED) is 0.546. The summed E-state index contributed by atoms with van der Waals surface area (Å²) in [6.45, 7) is 9.95. The number of allylic oxidation sites excluding steroid dienone is 1. The lowest BCUT2D eigenvalue weighted by Gasteiger charge is -2.49. The van der Waals surface area contributed by atoms with Gasteiger partial charge in [0.05, 0.1) is 11.0 Å². The number of hydrogen-bond acceptors (Lipinski definition) is 5. The van der Waals surface area contributed by atoms with E-state index < -0.39 is 29.2 Å². The first-order chi connectivity index (χ1) is 15.0. The Kier molecular flexibility index (Phi) is 4.48. The lowest BCUT2D eigenvalue weighted by atomic mass is 9.59. The van der Waals surface area contributed by atoms with E-state index >= 15 is 0 Å². The van der Waals surface area contributed by atoms with E-state index in [0.717, 1.165) is 6.42 Å². The van der Waals surface area contributed by atoms with Crippen molar-refractivity contribution in [3.63, 3.8) is 0 Å². The average Bonchev–Trinajstić information content (AvgIpc) is 3.26. The monoisotopic (exact) mass is 436 g/mol. The van der Waals surface area contributed by atoms with Crippen molar-refractivity contribution in [2.75, 3.05) is 0 Å². The number of ether oxygens (including phenoxy) is 1. The summed E-state index contributed by atoms with van der Waals surface area (Å²) in [6.07, 6.45) is 2.04. The molecule has 32 heavy (non-hydrogen) atoms. The Morgan fingerprint density at radius 3 is 2.44 bits per heavy atom. The van der Waals surface area contributed by atoms with E-state index in [1.54, 1.807) is 44.2 Å². The van der Waals surface area contributed by atoms with Crippen molar-refractivity contribution in [3.8, 4) is 0 Å². The van der Waals surface area contributed by atoms with Gasteiger partial charge in [-0.1, -0.05) is 51.1 Å². The van der Waals surface area contributed by atoms with Crippen LogP contribution in [0.3, 0.4) is 0 Å². The first kappa shape index (κ1) is 21.6. The van der Waals surface area contributed by atoms with Gasteiger partial charge >= 0.3 is 5.97 Å². The van der Waals surface area contributed by atoms with Crippen molar-refractivity contribution in [3.05, 3.63) is 59.2 Å². The molecule has 1 spiro atoms. The third-order valence-corrected chi connectivity index (χ3v) is 9.08. The fourth-order valence-electron chi connectivity index (χ4n) is 7.32. The molecule has 0 saturated heterocycles. The van der Waals surface area contributed by atoms with Crippen LogP contribution in [-0.4, -0.2) is 39.8 Å². The van der Waals surface area contributed by atoms with Crippen molar-refractivity contribution in [2.24, 2.45) is 34.5 Å². The molecule has 0 amide bonds. The zero-order valence-corrected chi connectivity index (χ0v) is 19.3. The fourth-order valence-corrected chi connectivity index (χ4v) is 7.32. The van der Waals surface area contributed by atoms with E-state index in [2.05, 4.69) is 13.8 Å². The van der Waals surface area contributed by atoms with Crippen molar-refractivity contribution in [1.29, 1.82) is 0 Å². The predicted molar refractivity (Wildman–Crippen MR) is 120 cm³/mol. The van der Waals surface area contributed by atoms with Gasteiger partial charge in [-0.25, -0.2) is 4.79 Å². The van der Waals surface area contributed by atoms with Crippen LogP contribution < -0.4 is 0 Å². The second-order valence-electron chi connectivity index (χ2n) is 11.0. The number of Topliss-reactive ketones (excluding diaryl/α,β-unsaturated/α-hetero) is 1. The van der Waals surface area contributed by atoms with Crippen LogP contribution in [0.4, 0.5) is 0 Å². The summed E-state index contributed by atoms with van der Waals surface area (Å²) in [5.41, 5.74) is -1.68. The molecule has 5 rings (SSSR count). The number of carbonyl (C=O) groups excluding carboxylic acids is 2. The first-order valence-electron chi connectivity index (χ1n) is 11.6. The zero-order valence-electron chi connectivity index (χ0n) is 19.3. The number of rotatable bonds is 2. The number of benzene rings is 1. The van der Waals surface area contributed by atoms with Crippen molar-refractivity contribution in [2.45, 2.75) is 58.8 Å². The number of esters is 1. The topological polar surface area (TPSA) is 83.8 Å². The maximum atomic E-state index is 14.2. The van der Waals surface area contributed by atoms with Gasteiger partial charge in [-0.3, -0.25) is 4.79 Å². The minimum atomic E-state index is -1.95. The Hall–Kier alpha value is -2.24. The highest BCUT2D eigenvalue weighted by Crippen LogP contribution is 2.71. The summed E-state index contributed by atoms with van der Waals surface area (Å²) < 4.78 is 5.94. The molecular formula is C27H32O5. The zero-order chi connectivity index (χ0) is 23.2. The van der Waals surface area contributed by atoms with E-state index in [1.165, 1.54) is 0 Å². The van der Waals surface area contributed by atoms with E-state index in [9.17, 15) is 19.8 Å². The van der Waals surface area contributed by atoms with Crippen LogP contribution in [0.1, 0.15) is 51.4 Å². The molecule has 0 heterocycles. The SMILES string of the molecule is CC1=C[C@H]2C(=O)[C@]3(C=C(C)[C@H](O)[C@@]3(O)[C@@H]1OC(=O)c1ccccc1)[C@H](C)C[C@@H]1[C@H]2C1(C)C. The van der Waals surface area contributed by atoms with E-state index in [0.29, 0.717) is 22.6 Å². The molecule has 5 nitrogen and oxygen atoms in total. The van der Waals surface area contributed by atoms with E-state index in [4.69, 9.17) is 4.74 Å². The van der Waals surface area contributed by atoms with Crippen LogP contribution in [0.25, 0.3) is 0 Å². The average molecular weight is 437 g/mol. The van der Waals surface area contributed by atoms with Gasteiger partial charge in [0.25, 0.3) is 0 Å². The Morgan fingerprint density at radius 1 is 1.12 bits per heavy atom. The van der Waals surface area contributed by atoms with Gasteiger partial charge in [0.2, 0.25) is 0 Å². The van der Waals surface area contributed by atoms with Gasteiger partial charge in [-0.05, 0) is 66.7 Å². The third-order valence-electron chi connectivity index (χ3n) is 9.08. The van der Waals surface area contributed by atoms with Crippen LogP contribution in [0, 0.1) is 34.5 Å². The summed E-state index contributed by atoms with van der Waals surface area (Å²) in [7, 11) is 0. The Balaban J connectivity index is 1.68. The third kappa shape index (κ3) is 2.47. The predicted octanol–water partition coefficient (Wildman–Crippen LogP) is 3.71. The summed E-state index contributed by atoms with van der Waals surface area (Å²) in [5.74, 6) is -0.647. The van der Waals surface area contributed by atoms with Crippen molar-refractivity contribution < 1.29 is 24.5 Å². The standard InChI is InChI=1S/C27H32O5/c1-14-11-18-20-19(25(20,4)5)12-16(3)26(22(18)29)13-15(2)21(28)27(26,31)23(14)32-24(30)17-9-7-6-8-10-17/h6-11,13,16,18-21,23,28,31H,12H2,1-5H3/t16-,18-,19-,20+,21+,23-,26+,27-/m1/s1. The molecule has 8 atom stereocenters. The number of carbonyl (C=O) groups is 2. The molecule has 1 aromatic rings. The molecule has 0 aromatic heterocycles. The number of fused-ring (bicyclic) bond motifs is 3. The van der Waals surface area contributed by atoms with Crippen LogP contribution in [-0.2, 0) is 9.53 Å². The highest BCUT2D eigenvalue weighted by atomic mass is 16.6. The molecule has 4 aliphatic carbocycles. The maximum absolute atomic E-state index is 14.2. The highest BCUT2D eigenvalue weighted by Gasteiger charge is 2.76. The van der Waals surface area contributed by atoms with E-state index in [1.807, 2.05) is 19.1 Å². The molecule has 0 radical (unpaired) electrons. The van der Waals surface area contributed by atoms with E-state index in [-0.39, 0.29) is 29.0 Å². The summed E-state index contributed by atoms with van der Waals surface area (Å²) in [5, 5.41) is 23.6. The molecule has 2 fully saturated rings. The van der Waals surface area contributed by atoms with Crippen LogP contribution in [0.15, 0.2) is 53.6 Å². The maximum Gasteiger partial charge on any atom is 0.338 e. The molecule has 2 bridgehead atoms. The molecule has 0 aliphatic heterocycles. The minimum Gasteiger partial charge on any atom is -0.451 e. The molecular weight excluding hydrogens is 404 g/mol.